The largest absolute Gasteiger partial charge is 0.306 e. The number of hydroxylamine groups is 1. The highest BCUT2D eigenvalue weighted by atomic mass is 16.6. The maximum atomic E-state index is 4.85. The Kier molecular flexibility index (Phi) is 4.54. The molecule has 3 nitrogen and oxygen atoms in total. The number of nitrogens with one attached hydrogen (secondary N) is 1. The van der Waals surface area contributed by atoms with Crippen molar-refractivity contribution in [3.05, 3.63) is 35.4 Å². The molecule has 1 aromatic rings. The fraction of sp³-hybridized carbons (Fsp3) is 0.571. The van der Waals surface area contributed by atoms with E-state index >= 15 is 0 Å². The summed E-state index contributed by atoms with van der Waals surface area (Å²) in [4.78, 5) is 7.26. The summed E-state index contributed by atoms with van der Waals surface area (Å²) in [7, 11) is 3.85. The summed E-state index contributed by atoms with van der Waals surface area (Å²) < 4.78 is 0. The quantitative estimate of drug-likeness (QED) is 0.808. The summed E-state index contributed by atoms with van der Waals surface area (Å²) in [6, 6.07) is 8.92. The van der Waals surface area contributed by atoms with Crippen LogP contribution in [-0.2, 0) is 11.4 Å². The van der Waals surface area contributed by atoms with Gasteiger partial charge < -0.3 is 9.74 Å². The van der Waals surface area contributed by atoms with E-state index in [1.165, 1.54) is 37.1 Å². The molecule has 0 bridgehead atoms. The Hall–Kier alpha value is -0.900. The van der Waals surface area contributed by atoms with Gasteiger partial charge in [-0.25, -0.2) is 0 Å². The lowest BCUT2D eigenvalue weighted by Gasteiger charge is -2.29. The van der Waals surface area contributed by atoms with E-state index < -0.39 is 0 Å². The predicted molar refractivity (Wildman–Crippen MR) is 69.8 cm³/mol. The molecular formula is C14H22N2O. The van der Waals surface area contributed by atoms with Crippen molar-refractivity contribution in [3.8, 4) is 0 Å². The van der Waals surface area contributed by atoms with Crippen molar-refractivity contribution in [3.63, 3.8) is 0 Å². The Balaban J connectivity index is 1.93. The lowest BCUT2D eigenvalue weighted by atomic mass is 9.89. The minimum atomic E-state index is 0.746. The molecule has 0 unspecified atom stereocenters. The molecule has 0 amide bonds. The van der Waals surface area contributed by atoms with E-state index in [0.717, 1.165) is 12.5 Å². The maximum Gasteiger partial charge on any atom is 0.0572 e. The molecule has 0 atom stereocenters. The fourth-order valence-electron chi connectivity index (χ4n) is 2.41. The molecule has 0 saturated carbocycles. The number of nitrogens with zero attached hydrogens (tertiary/aromatic N) is 1. The van der Waals surface area contributed by atoms with E-state index in [0.29, 0.717) is 0 Å². The lowest BCUT2D eigenvalue weighted by Crippen LogP contribution is -2.29. The van der Waals surface area contributed by atoms with Crippen LogP contribution in [0.25, 0.3) is 0 Å². The van der Waals surface area contributed by atoms with Gasteiger partial charge in [0.1, 0.15) is 0 Å². The van der Waals surface area contributed by atoms with Crippen molar-refractivity contribution in [2.24, 2.45) is 0 Å². The zero-order chi connectivity index (χ0) is 12.1. The van der Waals surface area contributed by atoms with Gasteiger partial charge in [0, 0.05) is 6.54 Å². The first-order valence-corrected chi connectivity index (χ1v) is 6.33. The topological polar surface area (TPSA) is 24.5 Å². The zero-order valence-electron chi connectivity index (χ0n) is 10.8. The first-order chi connectivity index (χ1) is 8.29. The first-order valence-electron chi connectivity index (χ1n) is 6.33. The second-order valence-electron chi connectivity index (χ2n) is 4.84. The van der Waals surface area contributed by atoms with E-state index in [-0.39, 0.29) is 0 Å². The predicted octanol–water partition coefficient (Wildman–Crippen LogP) is 2.15. The van der Waals surface area contributed by atoms with Gasteiger partial charge in [-0.05, 0) is 50.0 Å². The summed E-state index contributed by atoms with van der Waals surface area (Å²) in [6.45, 7) is 3.21. The molecule has 0 aromatic heterocycles. The average molecular weight is 234 g/mol. The van der Waals surface area contributed by atoms with Crippen LogP contribution in [0.1, 0.15) is 29.9 Å². The number of likely N-dealkylation sites (tertiary alicyclic amines) is 1. The highest BCUT2D eigenvalue weighted by Gasteiger charge is 2.17. The van der Waals surface area contributed by atoms with Gasteiger partial charge in [-0.1, -0.05) is 24.3 Å². The third-order valence-corrected chi connectivity index (χ3v) is 3.59. The van der Waals surface area contributed by atoms with Gasteiger partial charge in [0.25, 0.3) is 0 Å². The number of benzene rings is 1. The van der Waals surface area contributed by atoms with E-state index in [1.807, 2.05) is 0 Å². The molecule has 1 saturated heterocycles. The third-order valence-electron chi connectivity index (χ3n) is 3.59. The van der Waals surface area contributed by atoms with E-state index in [2.05, 4.69) is 41.7 Å². The molecule has 3 heteroatoms. The van der Waals surface area contributed by atoms with Crippen LogP contribution in [0.4, 0.5) is 0 Å². The Morgan fingerprint density at radius 2 is 1.88 bits per heavy atom. The molecule has 1 N–H and O–H groups in total. The van der Waals surface area contributed by atoms with Crippen LogP contribution in [-0.4, -0.2) is 32.1 Å². The molecule has 0 radical (unpaired) electrons. The molecule has 1 aliphatic rings. The van der Waals surface area contributed by atoms with Gasteiger partial charge in [-0.2, -0.15) is 5.48 Å². The molecule has 1 fully saturated rings. The molecular weight excluding hydrogens is 212 g/mol. The molecule has 1 heterocycles. The highest BCUT2D eigenvalue weighted by Crippen LogP contribution is 2.27. The summed E-state index contributed by atoms with van der Waals surface area (Å²) in [5.74, 6) is 0.746. The highest BCUT2D eigenvalue weighted by molar-refractivity contribution is 5.25. The smallest absolute Gasteiger partial charge is 0.0572 e. The van der Waals surface area contributed by atoms with E-state index in [4.69, 9.17) is 4.84 Å². The number of hydrogen-bond acceptors (Lipinski definition) is 3. The SMILES string of the molecule is CONCc1ccc(C2CCN(C)CC2)cc1. The summed E-state index contributed by atoms with van der Waals surface area (Å²) in [5.41, 5.74) is 5.62. The minimum Gasteiger partial charge on any atom is -0.306 e. The molecule has 2 rings (SSSR count). The van der Waals surface area contributed by atoms with Gasteiger partial charge in [0.05, 0.1) is 7.11 Å². The number of hydrogen-bond donors (Lipinski definition) is 1. The molecule has 0 aliphatic carbocycles. The Morgan fingerprint density at radius 1 is 1.24 bits per heavy atom. The van der Waals surface area contributed by atoms with E-state index in [9.17, 15) is 0 Å². The lowest BCUT2D eigenvalue weighted by molar-refractivity contribution is 0.0867. The van der Waals surface area contributed by atoms with Crippen molar-refractivity contribution in [2.75, 3.05) is 27.2 Å². The zero-order valence-corrected chi connectivity index (χ0v) is 10.8. The van der Waals surface area contributed by atoms with Crippen LogP contribution in [0.2, 0.25) is 0 Å². The Labute approximate surface area is 104 Å². The van der Waals surface area contributed by atoms with Gasteiger partial charge >= 0.3 is 0 Å². The summed E-state index contributed by atoms with van der Waals surface area (Å²) >= 11 is 0. The van der Waals surface area contributed by atoms with Crippen LogP contribution >= 0.6 is 0 Å². The second-order valence-corrected chi connectivity index (χ2v) is 4.84. The van der Waals surface area contributed by atoms with Crippen molar-refractivity contribution < 1.29 is 4.84 Å². The van der Waals surface area contributed by atoms with Crippen LogP contribution in [0.3, 0.4) is 0 Å². The Morgan fingerprint density at radius 3 is 2.47 bits per heavy atom. The first kappa shape index (κ1) is 12.6. The molecule has 1 aliphatic heterocycles. The normalized spacial score (nSPS) is 18.5. The molecule has 1 aromatic carbocycles. The number of rotatable bonds is 4. The van der Waals surface area contributed by atoms with Gasteiger partial charge in [-0.15, -0.1) is 0 Å². The second kappa shape index (κ2) is 6.15. The molecule has 0 spiro atoms. The third kappa shape index (κ3) is 3.53. The van der Waals surface area contributed by atoms with Crippen molar-refractivity contribution in [2.45, 2.75) is 25.3 Å². The molecule has 94 valence electrons. The summed E-state index contributed by atoms with van der Waals surface area (Å²) in [5, 5.41) is 0. The standard InChI is InChI=1S/C14H22N2O/c1-16-9-7-14(8-10-16)13-5-3-12(4-6-13)11-15-17-2/h3-6,14-15H,7-11H2,1-2H3. The summed E-state index contributed by atoms with van der Waals surface area (Å²) in [6.07, 6.45) is 2.57. The molecule has 17 heavy (non-hydrogen) atoms. The Bertz CT molecular complexity index is 329. The van der Waals surface area contributed by atoms with Gasteiger partial charge in [0.15, 0.2) is 0 Å². The monoisotopic (exact) mass is 234 g/mol. The van der Waals surface area contributed by atoms with Gasteiger partial charge in [0.2, 0.25) is 0 Å². The van der Waals surface area contributed by atoms with Crippen LogP contribution < -0.4 is 5.48 Å². The van der Waals surface area contributed by atoms with Crippen molar-refractivity contribution in [1.82, 2.24) is 10.4 Å². The van der Waals surface area contributed by atoms with Crippen molar-refractivity contribution >= 4 is 0 Å². The minimum absolute atomic E-state index is 0.746. The van der Waals surface area contributed by atoms with Crippen LogP contribution in [0.5, 0.6) is 0 Å². The van der Waals surface area contributed by atoms with Crippen LogP contribution in [0.15, 0.2) is 24.3 Å². The maximum absolute atomic E-state index is 4.85. The van der Waals surface area contributed by atoms with E-state index in [1.54, 1.807) is 7.11 Å². The fourth-order valence-corrected chi connectivity index (χ4v) is 2.41. The van der Waals surface area contributed by atoms with Crippen LogP contribution in [0, 0.1) is 0 Å². The number of piperidine rings is 1. The van der Waals surface area contributed by atoms with Gasteiger partial charge in [-0.3, -0.25) is 0 Å². The average Bonchev–Trinajstić information content (AvgIpc) is 2.38. The van der Waals surface area contributed by atoms with Crippen molar-refractivity contribution in [1.29, 1.82) is 0 Å².